The van der Waals surface area contributed by atoms with Gasteiger partial charge in [0.25, 0.3) is 0 Å². The van der Waals surface area contributed by atoms with E-state index in [1.807, 2.05) is 30.3 Å². The first-order valence-corrected chi connectivity index (χ1v) is 19.8. The van der Waals surface area contributed by atoms with E-state index in [2.05, 4.69) is 26.5 Å². The van der Waals surface area contributed by atoms with Gasteiger partial charge in [-0.25, -0.2) is 28.9 Å². The number of aromatic nitrogens is 1. The zero-order valence-electron chi connectivity index (χ0n) is 27.4. The molecule has 2 aliphatic heterocycles. The van der Waals surface area contributed by atoms with E-state index >= 15 is 0 Å². The van der Waals surface area contributed by atoms with E-state index in [0.29, 0.717) is 21.3 Å². The van der Waals surface area contributed by atoms with Crippen LogP contribution in [0.1, 0.15) is 16.7 Å². The van der Waals surface area contributed by atoms with Gasteiger partial charge >= 0.3 is 21.6 Å². The summed E-state index contributed by atoms with van der Waals surface area (Å²) in [5.41, 5.74) is 2.39. The zero-order chi connectivity index (χ0) is 37.2. The third-order valence-corrected chi connectivity index (χ3v) is 10.4. The van der Waals surface area contributed by atoms with Gasteiger partial charge < -0.3 is 29.4 Å². The Bertz CT molecular complexity index is 2070. The maximum Gasteiger partial charge on any atom is 0.524 e. The van der Waals surface area contributed by atoms with Crippen LogP contribution in [-0.2, 0) is 38.2 Å². The molecular weight excluding hydrogens is 736 g/mol. The van der Waals surface area contributed by atoms with Crippen molar-refractivity contribution >= 4 is 60.1 Å². The predicted octanol–water partition coefficient (Wildman–Crippen LogP) is 3.01. The van der Waals surface area contributed by atoms with Crippen LogP contribution in [0.3, 0.4) is 0 Å². The van der Waals surface area contributed by atoms with Gasteiger partial charge in [-0.2, -0.15) is 0 Å². The minimum Gasteiger partial charge on any atom is -0.404 e. The van der Waals surface area contributed by atoms with Crippen LogP contribution in [0.25, 0.3) is 10.2 Å². The maximum atomic E-state index is 14.4. The molecule has 3 heterocycles. The Labute approximate surface area is 301 Å². The Balaban J connectivity index is 1.36. The van der Waals surface area contributed by atoms with Crippen LogP contribution in [0.2, 0.25) is 0 Å². The first kappa shape index (κ1) is 37.1. The quantitative estimate of drug-likeness (QED) is 0.0901. The second-order valence-electron chi connectivity index (χ2n) is 12.0. The highest BCUT2D eigenvalue weighted by atomic mass is 32.1. The standard InChI is InChI=1S/C32H35N7O10P2S/c1-2-15-37-20-28(40)38-25(16-21-11-13-24(14-12-21)49-51(46,47)48)30(41)36(19-27(38)39(37)32(42)33-17-22-7-4-3-5-8-22)18-23-9-6-10-26-29(23)34-31(52-26)35-50(43,44)45/h2-14,25,27H,1,15-20H2,(H,33,42)(H2,46,47,48)(H3,34,35,43,44,45)/t25-,27+/m1/s1. The average molecular weight is 772 g/mol. The number of carbonyl (C=O) groups excluding carboxylic acids is 3. The van der Waals surface area contributed by atoms with Gasteiger partial charge in [0.05, 0.1) is 23.3 Å². The topological polar surface area (TPSA) is 225 Å². The number of phosphoric acid groups is 1. The van der Waals surface area contributed by atoms with Crippen molar-refractivity contribution in [3.63, 3.8) is 0 Å². The Hall–Kier alpha value is -4.64. The number of benzene rings is 3. The smallest absolute Gasteiger partial charge is 0.404 e. The normalized spacial score (nSPS) is 18.3. The van der Waals surface area contributed by atoms with Gasteiger partial charge in [0.1, 0.15) is 18.0 Å². The summed E-state index contributed by atoms with van der Waals surface area (Å²) in [6, 6.07) is 18.6. The number of hydrogen-bond acceptors (Lipinski definition) is 9. The van der Waals surface area contributed by atoms with Crippen LogP contribution in [0.15, 0.2) is 85.5 Å². The van der Waals surface area contributed by atoms with Crippen LogP contribution in [0, 0.1) is 0 Å². The second kappa shape index (κ2) is 15.1. The van der Waals surface area contributed by atoms with E-state index < -0.39 is 45.6 Å². The van der Waals surface area contributed by atoms with E-state index in [9.17, 15) is 43.1 Å². The molecule has 4 aromatic rings. The molecular formula is C32H35N7O10P2S. The number of hydrogen-bond donors (Lipinski definition) is 6. The number of amides is 4. The summed E-state index contributed by atoms with van der Waals surface area (Å²) in [4.78, 5) is 86.9. The summed E-state index contributed by atoms with van der Waals surface area (Å²) in [6.07, 6.45) is 0.599. The second-order valence-corrected chi connectivity index (χ2v) is 15.5. The molecule has 6 N–H and O–H groups in total. The Kier molecular flexibility index (Phi) is 10.8. The highest BCUT2D eigenvalue weighted by Crippen LogP contribution is 2.40. The molecule has 2 atom stereocenters. The summed E-state index contributed by atoms with van der Waals surface area (Å²) in [6.45, 7) is 3.84. The maximum absolute atomic E-state index is 14.4. The van der Waals surface area contributed by atoms with Crippen molar-refractivity contribution in [3.8, 4) is 5.75 Å². The highest BCUT2D eigenvalue weighted by Gasteiger charge is 2.51. The molecule has 6 rings (SSSR count). The van der Waals surface area contributed by atoms with Crippen LogP contribution in [0.5, 0.6) is 5.75 Å². The number of rotatable bonds is 12. The fourth-order valence-electron chi connectivity index (χ4n) is 6.26. The SMILES string of the molecule is C=CCN1CC(=O)N2[C@H](Cc3ccc(OP(=O)(O)O)cc3)C(=O)N(Cc3cccc4sc(NP(=O)(O)O)nc34)C[C@@H]2N1C(=O)NCc1ccccc1. The first-order chi connectivity index (χ1) is 24.7. The number of para-hydroxylation sites is 1. The molecule has 20 heteroatoms. The fourth-order valence-corrected chi connectivity index (χ4v) is 8.26. The molecule has 0 unspecified atom stereocenters. The molecule has 2 fully saturated rings. The van der Waals surface area contributed by atoms with Crippen molar-refractivity contribution in [1.82, 2.24) is 30.1 Å². The van der Waals surface area contributed by atoms with E-state index in [1.165, 1.54) is 39.1 Å². The average Bonchev–Trinajstić information content (AvgIpc) is 3.48. The van der Waals surface area contributed by atoms with Gasteiger partial charge in [0, 0.05) is 26.1 Å². The summed E-state index contributed by atoms with van der Waals surface area (Å²) >= 11 is 1.03. The summed E-state index contributed by atoms with van der Waals surface area (Å²) < 4.78 is 28.2. The lowest BCUT2D eigenvalue weighted by molar-refractivity contribution is -0.189. The molecule has 2 saturated heterocycles. The first-order valence-electron chi connectivity index (χ1n) is 15.8. The number of fused-ring (bicyclic) bond motifs is 2. The van der Waals surface area contributed by atoms with Crippen LogP contribution in [0.4, 0.5) is 9.93 Å². The number of anilines is 1. The largest absolute Gasteiger partial charge is 0.524 e. The van der Waals surface area contributed by atoms with E-state index in [0.717, 1.165) is 16.9 Å². The molecule has 0 spiro atoms. The van der Waals surface area contributed by atoms with Gasteiger partial charge in [0.15, 0.2) is 5.13 Å². The molecule has 0 aliphatic carbocycles. The summed E-state index contributed by atoms with van der Waals surface area (Å²) in [5, 5.41) is 8.02. The lowest BCUT2D eigenvalue weighted by Gasteiger charge is -2.55. The molecule has 274 valence electrons. The van der Waals surface area contributed by atoms with E-state index in [4.69, 9.17) is 0 Å². The number of nitrogens with zero attached hydrogens (tertiary/aromatic N) is 5. The van der Waals surface area contributed by atoms with Gasteiger partial charge in [-0.3, -0.25) is 24.5 Å². The van der Waals surface area contributed by atoms with Crippen LogP contribution in [-0.4, -0.2) is 94.1 Å². The number of urea groups is 1. The molecule has 0 saturated carbocycles. The molecule has 0 radical (unpaired) electrons. The Morgan fingerprint density at radius 3 is 2.40 bits per heavy atom. The predicted molar refractivity (Wildman–Crippen MR) is 190 cm³/mol. The third kappa shape index (κ3) is 8.69. The Morgan fingerprint density at radius 1 is 1.00 bits per heavy atom. The van der Waals surface area contributed by atoms with Crippen LogP contribution >= 0.6 is 26.9 Å². The lowest BCUT2D eigenvalue weighted by Crippen LogP contribution is -2.76. The van der Waals surface area contributed by atoms with E-state index in [-0.39, 0.29) is 50.0 Å². The van der Waals surface area contributed by atoms with Crippen molar-refractivity contribution < 1.29 is 47.6 Å². The number of nitrogens with one attached hydrogen (secondary N) is 2. The highest BCUT2D eigenvalue weighted by molar-refractivity contribution is 7.54. The lowest BCUT2D eigenvalue weighted by atomic mass is 9.98. The van der Waals surface area contributed by atoms with Crippen molar-refractivity contribution in [2.24, 2.45) is 0 Å². The molecule has 0 bridgehead atoms. The van der Waals surface area contributed by atoms with Gasteiger partial charge in [-0.15, -0.1) is 6.58 Å². The number of thiazole rings is 1. The van der Waals surface area contributed by atoms with Crippen molar-refractivity contribution in [2.45, 2.75) is 31.7 Å². The molecule has 17 nitrogen and oxygen atoms in total. The zero-order valence-corrected chi connectivity index (χ0v) is 30.0. The molecule has 2 aliphatic rings. The molecule has 1 aromatic heterocycles. The minimum atomic E-state index is -4.81. The number of carbonyl (C=O) groups is 3. The van der Waals surface area contributed by atoms with Crippen molar-refractivity contribution in [1.29, 1.82) is 0 Å². The Morgan fingerprint density at radius 2 is 1.73 bits per heavy atom. The van der Waals surface area contributed by atoms with Crippen molar-refractivity contribution in [3.05, 3.63) is 102 Å². The van der Waals surface area contributed by atoms with Crippen molar-refractivity contribution in [2.75, 3.05) is 24.7 Å². The minimum absolute atomic E-state index is 0.00445. The molecule has 4 amide bonds. The fraction of sp³-hybridized carbons (Fsp3) is 0.250. The summed E-state index contributed by atoms with van der Waals surface area (Å²) in [7, 11) is -9.45. The van der Waals surface area contributed by atoms with Gasteiger partial charge in [-0.1, -0.05) is 72.0 Å². The third-order valence-electron chi connectivity index (χ3n) is 8.35. The van der Waals surface area contributed by atoms with Gasteiger partial charge in [-0.05, 0) is 34.9 Å². The monoisotopic (exact) mass is 771 g/mol. The molecule has 3 aromatic carbocycles. The number of piperazine rings is 1. The summed E-state index contributed by atoms with van der Waals surface area (Å²) in [5.74, 6) is -0.915. The number of hydrazine groups is 1. The van der Waals surface area contributed by atoms with E-state index in [1.54, 1.807) is 29.3 Å². The molecule has 52 heavy (non-hydrogen) atoms. The van der Waals surface area contributed by atoms with Gasteiger partial charge in [0.2, 0.25) is 11.8 Å². The number of phosphoric ester groups is 1. The van der Waals surface area contributed by atoms with Crippen LogP contribution < -0.4 is 14.9 Å².